The standard InChI is InChI=1S/C17H23N5O2/c1-19-4-2-3-15(19)17(23)22-6-5-21-12-14(18-16(21)13-22)11-20-7-9-24-10-8-20/h2-4,12H,5-11,13H2,1H3. The number of aromatic nitrogens is 3. The number of hydrogen-bond acceptors (Lipinski definition) is 4. The molecule has 7 heteroatoms. The number of ether oxygens (including phenoxy) is 1. The van der Waals surface area contributed by atoms with Gasteiger partial charge in [-0.25, -0.2) is 4.98 Å². The van der Waals surface area contributed by atoms with Gasteiger partial charge in [-0.05, 0) is 12.1 Å². The van der Waals surface area contributed by atoms with Crippen LogP contribution in [-0.2, 0) is 31.4 Å². The van der Waals surface area contributed by atoms with Crippen molar-refractivity contribution < 1.29 is 9.53 Å². The molecule has 4 heterocycles. The number of morpholine rings is 1. The highest BCUT2D eigenvalue weighted by Crippen LogP contribution is 2.17. The second-order valence-corrected chi connectivity index (χ2v) is 6.46. The lowest BCUT2D eigenvalue weighted by molar-refractivity contribution is 0.0337. The molecule has 0 aromatic carbocycles. The Hall–Kier alpha value is -2.12. The number of amides is 1. The molecule has 1 fully saturated rings. The maximum atomic E-state index is 12.7. The molecule has 4 rings (SSSR count). The number of aryl methyl sites for hydroxylation is 1. The average Bonchev–Trinajstić information content (AvgIpc) is 3.19. The van der Waals surface area contributed by atoms with Crippen LogP contribution in [0.1, 0.15) is 22.0 Å². The summed E-state index contributed by atoms with van der Waals surface area (Å²) in [6.45, 7) is 6.48. The predicted octanol–water partition coefficient (Wildman–Crippen LogP) is 0.710. The lowest BCUT2D eigenvalue weighted by Crippen LogP contribution is -2.38. The quantitative estimate of drug-likeness (QED) is 0.832. The van der Waals surface area contributed by atoms with E-state index in [0.717, 1.165) is 63.1 Å². The molecule has 0 spiro atoms. The summed E-state index contributed by atoms with van der Waals surface area (Å²) in [6, 6.07) is 3.77. The monoisotopic (exact) mass is 329 g/mol. The van der Waals surface area contributed by atoms with Gasteiger partial charge in [0.05, 0.1) is 25.5 Å². The van der Waals surface area contributed by atoms with Gasteiger partial charge in [0, 0.05) is 52.2 Å². The number of carbonyl (C=O) groups is 1. The van der Waals surface area contributed by atoms with Gasteiger partial charge in [0.15, 0.2) is 0 Å². The minimum absolute atomic E-state index is 0.0754. The Morgan fingerprint density at radius 3 is 2.83 bits per heavy atom. The molecule has 0 N–H and O–H groups in total. The van der Waals surface area contributed by atoms with Crippen LogP contribution in [0.25, 0.3) is 0 Å². The number of carbonyl (C=O) groups excluding carboxylic acids is 1. The highest BCUT2D eigenvalue weighted by Gasteiger charge is 2.25. The Labute approximate surface area is 141 Å². The minimum atomic E-state index is 0.0754. The molecular formula is C17H23N5O2. The van der Waals surface area contributed by atoms with E-state index in [0.29, 0.717) is 6.54 Å². The Morgan fingerprint density at radius 2 is 2.08 bits per heavy atom. The van der Waals surface area contributed by atoms with Crippen LogP contribution in [0.2, 0.25) is 0 Å². The number of rotatable bonds is 3. The van der Waals surface area contributed by atoms with Crippen molar-refractivity contribution in [2.24, 2.45) is 7.05 Å². The topological polar surface area (TPSA) is 55.5 Å². The maximum absolute atomic E-state index is 12.7. The summed E-state index contributed by atoms with van der Waals surface area (Å²) >= 11 is 0. The van der Waals surface area contributed by atoms with Crippen molar-refractivity contribution in [3.05, 3.63) is 41.7 Å². The SMILES string of the molecule is Cn1cccc1C(=O)N1CCn2cc(CN3CCOCC3)nc2C1. The lowest BCUT2D eigenvalue weighted by atomic mass is 10.3. The van der Waals surface area contributed by atoms with E-state index in [1.54, 1.807) is 0 Å². The van der Waals surface area contributed by atoms with Gasteiger partial charge in [0.1, 0.15) is 11.5 Å². The summed E-state index contributed by atoms with van der Waals surface area (Å²) in [5.41, 5.74) is 1.81. The second kappa shape index (κ2) is 6.41. The van der Waals surface area contributed by atoms with E-state index in [1.165, 1.54) is 0 Å². The zero-order chi connectivity index (χ0) is 16.5. The fraction of sp³-hybridized carbons (Fsp3) is 0.529. The summed E-state index contributed by atoms with van der Waals surface area (Å²) in [4.78, 5) is 21.7. The van der Waals surface area contributed by atoms with Crippen molar-refractivity contribution >= 4 is 5.91 Å². The van der Waals surface area contributed by atoms with Gasteiger partial charge in [0.2, 0.25) is 0 Å². The molecule has 2 aliphatic rings. The first-order valence-corrected chi connectivity index (χ1v) is 8.46. The summed E-state index contributed by atoms with van der Waals surface area (Å²) in [6.07, 6.45) is 4.04. The van der Waals surface area contributed by atoms with Gasteiger partial charge in [-0.2, -0.15) is 0 Å². The van der Waals surface area contributed by atoms with Crippen molar-refractivity contribution in [3.63, 3.8) is 0 Å². The van der Waals surface area contributed by atoms with Gasteiger partial charge in [-0.1, -0.05) is 0 Å². The molecule has 0 aliphatic carbocycles. The van der Waals surface area contributed by atoms with Crippen LogP contribution in [0.5, 0.6) is 0 Å². The van der Waals surface area contributed by atoms with Crippen molar-refractivity contribution in [2.75, 3.05) is 32.8 Å². The minimum Gasteiger partial charge on any atom is -0.379 e. The molecular weight excluding hydrogens is 306 g/mol. The maximum Gasteiger partial charge on any atom is 0.270 e. The molecule has 0 atom stereocenters. The molecule has 24 heavy (non-hydrogen) atoms. The zero-order valence-electron chi connectivity index (χ0n) is 14.0. The normalized spacial score (nSPS) is 18.6. The third kappa shape index (κ3) is 2.97. The van der Waals surface area contributed by atoms with E-state index < -0.39 is 0 Å². The van der Waals surface area contributed by atoms with Crippen LogP contribution < -0.4 is 0 Å². The molecule has 2 aromatic heterocycles. The van der Waals surface area contributed by atoms with E-state index >= 15 is 0 Å². The number of fused-ring (bicyclic) bond motifs is 1. The van der Waals surface area contributed by atoms with Crippen LogP contribution >= 0.6 is 0 Å². The molecule has 0 saturated carbocycles. The van der Waals surface area contributed by atoms with Gasteiger partial charge in [-0.15, -0.1) is 0 Å². The average molecular weight is 329 g/mol. The smallest absolute Gasteiger partial charge is 0.270 e. The van der Waals surface area contributed by atoms with E-state index in [4.69, 9.17) is 9.72 Å². The van der Waals surface area contributed by atoms with Gasteiger partial charge >= 0.3 is 0 Å². The first kappa shape index (κ1) is 15.4. The summed E-state index contributed by atoms with van der Waals surface area (Å²) in [5, 5.41) is 0. The lowest BCUT2D eigenvalue weighted by Gasteiger charge is -2.27. The van der Waals surface area contributed by atoms with Gasteiger partial charge < -0.3 is 18.8 Å². The van der Waals surface area contributed by atoms with Crippen molar-refractivity contribution in [3.8, 4) is 0 Å². The largest absolute Gasteiger partial charge is 0.379 e. The molecule has 0 radical (unpaired) electrons. The van der Waals surface area contributed by atoms with Crippen LogP contribution in [0.3, 0.4) is 0 Å². The van der Waals surface area contributed by atoms with Gasteiger partial charge in [0.25, 0.3) is 5.91 Å². The summed E-state index contributed by atoms with van der Waals surface area (Å²) in [5.74, 6) is 1.05. The molecule has 2 aromatic rings. The molecule has 1 saturated heterocycles. The van der Waals surface area contributed by atoms with E-state index in [-0.39, 0.29) is 5.91 Å². The number of hydrogen-bond donors (Lipinski definition) is 0. The molecule has 128 valence electrons. The van der Waals surface area contributed by atoms with Crippen LogP contribution in [-0.4, -0.2) is 62.7 Å². The predicted molar refractivity (Wildman–Crippen MR) is 88.5 cm³/mol. The fourth-order valence-corrected chi connectivity index (χ4v) is 3.39. The highest BCUT2D eigenvalue weighted by molar-refractivity contribution is 5.92. The molecule has 2 aliphatic heterocycles. The highest BCUT2D eigenvalue weighted by atomic mass is 16.5. The number of nitrogens with zero attached hydrogens (tertiary/aromatic N) is 5. The van der Waals surface area contributed by atoms with E-state index in [9.17, 15) is 4.79 Å². The van der Waals surface area contributed by atoms with Crippen molar-refractivity contribution in [1.29, 1.82) is 0 Å². The van der Waals surface area contributed by atoms with Crippen LogP contribution in [0, 0.1) is 0 Å². The first-order valence-electron chi connectivity index (χ1n) is 8.46. The molecule has 0 unspecified atom stereocenters. The Balaban J connectivity index is 1.45. The third-order valence-electron chi connectivity index (χ3n) is 4.79. The molecule has 0 bridgehead atoms. The number of imidazole rings is 1. The van der Waals surface area contributed by atoms with Crippen LogP contribution in [0.15, 0.2) is 24.5 Å². The van der Waals surface area contributed by atoms with Crippen molar-refractivity contribution in [1.82, 2.24) is 23.9 Å². The fourth-order valence-electron chi connectivity index (χ4n) is 3.39. The van der Waals surface area contributed by atoms with E-state index in [1.807, 2.05) is 34.8 Å². The van der Waals surface area contributed by atoms with Gasteiger partial charge in [-0.3, -0.25) is 9.69 Å². The van der Waals surface area contributed by atoms with E-state index in [2.05, 4.69) is 15.7 Å². The van der Waals surface area contributed by atoms with Crippen molar-refractivity contribution in [2.45, 2.75) is 19.6 Å². The Kier molecular flexibility index (Phi) is 4.12. The Morgan fingerprint density at radius 1 is 1.25 bits per heavy atom. The van der Waals surface area contributed by atoms with Crippen LogP contribution in [0.4, 0.5) is 0 Å². The molecule has 7 nitrogen and oxygen atoms in total. The summed E-state index contributed by atoms with van der Waals surface area (Å²) in [7, 11) is 1.90. The molecule has 1 amide bonds. The first-order chi connectivity index (χ1) is 11.7. The zero-order valence-corrected chi connectivity index (χ0v) is 14.0. The summed E-state index contributed by atoms with van der Waals surface area (Å²) < 4.78 is 9.44. The second-order valence-electron chi connectivity index (χ2n) is 6.46. The Bertz CT molecular complexity index is 729. The third-order valence-corrected chi connectivity index (χ3v) is 4.79.